The first kappa shape index (κ1) is 27.5. The van der Waals surface area contributed by atoms with E-state index in [0.29, 0.717) is 38.3 Å². The number of carbonyl (C=O) groups is 2. The van der Waals surface area contributed by atoms with Crippen LogP contribution in [0.5, 0.6) is 0 Å². The van der Waals surface area contributed by atoms with Crippen LogP contribution in [-0.2, 0) is 32.2 Å². The zero-order valence-electron chi connectivity index (χ0n) is 21.2. The van der Waals surface area contributed by atoms with Crippen LogP contribution >= 0.6 is 0 Å². The Hall–Kier alpha value is -3.53. The summed E-state index contributed by atoms with van der Waals surface area (Å²) in [6.07, 6.45) is 0.887. The number of sulfone groups is 1. The molecule has 1 aliphatic heterocycles. The Morgan fingerprint density at radius 3 is 2.11 bits per heavy atom. The molecule has 38 heavy (non-hydrogen) atoms. The number of nitrogens with zero attached hydrogens (tertiary/aromatic N) is 1. The summed E-state index contributed by atoms with van der Waals surface area (Å²) in [6.45, 7) is 2.17. The molecule has 9 heteroatoms. The quantitative estimate of drug-likeness (QED) is 0.412. The predicted molar refractivity (Wildman–Crippen MR) is 145 cm³/mol. The number of hydrogen-bond donors (Lipinski definition) is 2. The van der Waals surface area contributed by atoms with Gasteiger partial charge in [0.25, 0.3) is 5.91 Å². The number of morpholine rings is 1. The first-order valence-corrected chi connectivity index (χ1v) is 14.2. The Labute approximate surface area is 223 Å². The van der Waals surface area contributed by atoms with Gasteiger partial charge < -0.3 is 20.7 Å². The first-order chi connectivity index (χ1) is 18.3. The molecule has 200 valence electrons. The zero-order chi connectivity index (χ0) is 27.0. The molecule has 0 aromatic heterocycles. The highest BCUT2D eigenvalue weighted by Gasteiger charge is 2.30. The summed E-state index contributed by atoms with van der Waals surface area (Å²) in [4.78, 5) is 27.6. The summed E-state index contributed by atoms with van der Waals surface area (Å²) >= 11 is 0. The fourth-order valence-corrected chi connectivity index (χ4v) is 5.93. The lowest BCUT2D eigenvalue weighted by molar-refractivity contribution is -0.122. The van der Waals surface area contributed by atoms with Crippen LogP contribution in [0.1, 0.15) is 27.9 Å². The van der Waals surface area contributed by atoms with E-state index >= 15 is 0 Å². The van der Waals surface area contributed by atoms with Crippen LogP contribution in [0.25, 0.3) is 0 Å². The van der Waals surface area contributed by atoms with Crippen LogP contribution in [0.3, 0.4) is 0 Å². The van der Waals surface area contributed by atoms with Gasteiger partial charge in [0.05, 0.1) is 24.2 Å². The molecule has 0 unspecified atom stereocenters. The van der Waals surface area contributed by atoms with Crippen LogP contribution in [0, 0.1) is 0 Å². The number of benzene rings is 3. The SMILES string of the molecule is N[C@@H](Cc1ccc(C(=O)N2CCOCC2)cc1)C(=O)N[C@@H](CCc1ccccc1)S(=O)(=O)c1ccccc1. The molecule has 3 N–H and O–H groups in total. The minimum absolute atomic E-state index is 0.0609. The third kappa shape index (κ3) is 7.06. The van der Waals surface area contributed by atoms with Gasteiger partial charge in [-0.15, -0.1) is 0 Å². The van der Waals surface area contributed by atoms with Crippen molar-refractivity contribution in [3.63, 3.8) is 0 Å². The van der Waals surface area contributed by atoms with Crippen LogP contribution in [0.15, 0.2) is 89.8 Å². The highest BCUT2D eigenvalue weighted by Crippen LogP contribution is 2.19. The lowest BCUT2D eigenvalue weighted by Crippen LogP contribution is -2.49. The molecule has 4 rings (SSSR count). The maximum Gasteiger partial charge on any atom is 0.254 e. The van der Waals surface area contributed by atoms with Gasteiger partial charge in [-0.25, -0.2) is 8.42 Å². The highest BCUT2D eigenvalue weighted by atomic mass is 32.2. The van der Waals surface area contributed by atoms with Crippen LogP contribution < -0.4 is 11.1 Å². The first-order valence-electron chi connectivity index (χ1n) is 12.7. The second-order valence-corrected chi connectivity index (χ2v) is 11.4. The van der Waals surface area contributed by atoms with E-state index in [2.05, 4.69) is 5.32 Å². The molecule has 8 nitrogen and oxygen atoms in total. The fraction of sp³-hybridized carbons (Fsp3) is 0.310. The average molecular weight is 536 g/mol. The van der Waals surface area contributed by atoms with E-state index in [4.69, 9.17) is 10.5 Å². The van der Waals surface area contributed by atoms with Crippen molar-refractivity contribution in [2.45, 2.75) is 35.6 Å². The summed E-state index contributed by atoms with van der Waals surface area (Å²) in [6, 6.07) is 23.7. The Kier molecular flexibility index (Phi) is 9.28. The second-order valence-electron chi connectivity index (χ2n) is 9.29. The van der Waals surface area contributed by atoms with E-state index in [9.17, 15) is 18.0 Å². The minimum atomic E-state index is -3.84. The van der Waals surface area contributed by atoms with Crippen molar-refractivity contribution in [2.75, 3.05) is 26.3 Å². The van der Waals surface area contributed by atoms with Gasteiger partial charge in [0.2, 0.25) is 5.91 Å². The number of nitrogens with one attached hydrogen (secondary N) is 1. The Morgan fingerprint density at radius 2 is 1.47 bits per heavy atom. The molecule has 1 aliphatic rings. The Morgan fingerprint density at radius 1 is 0.868 bits per heavy atom. The maximum absolute atomic E-state index is 13.4. The summed E-state index contributed by atoms with van der Waals surface area (Å²) in [5.41, 5.74) is 8.52. The topological polar surface area (TPSA) is 119 Å². The largest absolute Gasteiger partial charge is 0.378 e. The Bertz CT molecular complexity index is 1310. The van der Waals surface area contributed by atoms with E-state index in [1.165, 1.54) is 12.1 Å². The molecular formula is C29H33N3O5S. The molecule has 0 radical (unpaired) electrons. The van der Waals surface area contributed by atoms with Gasteiger partial charge >= 0.3 is 0 Å². The molecule has 2 atom stereocenters. The lowest BCUT2D eigenvalue weighted by atomic mass is 10.0. The van der Waals surface area contributed by atoms with Gasteiger partial charge in [0.15, 0.2) is 9.84 Å². The van der Waals surface area contributed by atoms with Crippen molar-refractivity contribution in [1.29, 1.82) is 0 Å². The predicted octanol–water partition coefficient (Wildman–Crippen LogP) is 2.58. The van der Waals surface area contributed by atoms with Crippen molar-refractivity contribution < 1.29 is 22.7 Å². The summed E-state index contributed by atoms with van der Waals surface area (Å²) in [5, 5.41) is 1.57. The summed E-state index contributed by atoms with van der Waals surface area (Å²) < 4.78 is 32.1. The average Bonchev–Trinajstić information content (AvgIpc) is 2.96. The molecule has 1 fully saturated rings. The number of nitrogens with two attached hydrogens (primary N) is 1. The maximum atomic E-state index is 13.4. The number of aryl methyl sites for hydroxylation is 1. The monoisotopic (exact) mass is 535 g/mol. The van der Waals surface area contributed by atoms with Crippen molar-refractivity contribution in [3.05, 3.63) is 102 Å². The minimum Gasteiger partial charge on any atom is -0.378 e. The number of ether oxygens (including phenoxy) is 1. The molecule has 0 aliphatic carbocycles. The molecule has 3 aromatic rings. The van der Waals surface area contributed by atoms with E-state index in [1.54, 1.807) is 47.4 Å². The lowest BCUT2D eigenvalue weighted by Gasteiger charge is -2.27. The van der Waals surface area contributed by atoms with E-state index in [0.717, 1.165) is 11.1 Å². The molecule has 0 spiro atoms. The second kappa shape index (κ2) is 12.8. The number of rotatable bonds is 10. The molecule has 0 saturated carbocycles. The van der Waals surface area contributed by atoms with Crippen LogP contribution in [-0.4, -0.2) is 62.9 Å². The molecular weight excluding hydrogens is 502 g/mol. The number of carbonyl (C=O) groups excluding carboxylic acids is 2. The molecule has 0 bridgehead atoms. The van der Waals surface area contributed by atoms with Crippen molar-refractivity contribution in [1.82, 2.24) is 10.2 Å². The van der Waals surface area contributed by atoms with E-state index < -0.39 is 27.2 Å². The zero-order valence-corrected chi connectivity index (χ0v) is 22.0. The number of hydrogen-bond acceptors (Lipinski definition) is 6. The van der Waals surface area contributed by atoms with Crippen molar-refractivity contribution in [2.24, 2.45) is 5.73 Å². The molecule has 2 amide bonds. The normalized spacial score (nSPS) is 15.4. The standard InChI is InChI=1S/C29H33N3O5S/c30-26(21-23-11-14-24(15-12-23)29(34)32-17-19-37-20-18-32)28(33)31-27(16-13-22-7-3-1-4-8-22)38(35,36)25-9-5-2-6-10-25/h1-12,14-15,26-27H,13,16-21,30H2,(H,31,33)/t26-,27+/m0/s1. The Balaban J connectivity index is 1.42. The van der Waals surface area contributed by atoms with Gasteiger partial charge in [-0.3, -0.25) is 9.59 Å². The van der Waals surface area contributed by atoms with Gasteiger partial charge in [0.1, 0.15) is 5.37 Å². The molecule has 3 aromatic carbocycles. The van der Waals surface area contributed by atoms with E-state index in [1.807, 2.05) is 30.3 Å². The van der Waals surface area contributed by atoms with Gasteiger partial charge in [0, 0.05) is 18.7 Å². The van der Waals surface area contributed by atoms with E-state index in [-0.39, 0.29) is 23.6 Å². The summed E-state index contributed by atoms with van der Waals surface area (Å²) in [5.74, 6) is -0.606. The summed E-state index contributed by atoms with van der Waals surface area (Å²) in [7, 11) is -3.84. The third-order valence-electron chi connectivity index (χ3n) is 6.58. The van der Waals surface area contributed by atoms with Gasteiger partial charge in [-0.2, -0.15) is 0 Å². The van der Waals surface area contributed by atoms with Gasteiger partial charge in [-0.05, 0) is 54.7 Å². The third-order valence-corrected chi connectivity index (χ3v) is 8.61. The molecule has 1 heterocycles. The van der Waals surface area contributed by atoms with Crippen LogP contribution in [0.2, 0.25) is 0 Å². The highest BCUT2D eigenvalue weighted by molar-refractivity contribution is 7.92. The molecule has 1 saturated heterocycles. The van der Waals surface area contributed by atoms with Crippen molar-refractivity contribution in [3.8, 4) is 0 Å². The smallest absolute Gasteiger partial charge is 0.254 e. The van der Waals surface area contributed by atoms with Gasteiger partial charge in [-0.1, -0.05) is 60.7 Å². The fourth-order valence-electron chi connectivity index (χ4n) is 4.37. The van der Waals surface area contributed by atoms with Crippen molar-refractivity contribution >= 4 is 21.7 Å². The van der Waals surface area contributed by atoms with Crippen LogP contribution in [0.4, 0.5) is 0 Å². The number of amides is 2.